The molecule has 0 heterocycles. The number of benzene rings is 2. The van der Waals surface area contributed by atoms with Gasteiger partial charge in [0.15, 0.2) is 11.5 Å². The number of alkyl halides is 2. The first-order chi connectivity index (χ1) is 13.4. The second-order valence-corrected chi connectivity index (χ2v) is 5.20. The Hall–Kier alpha value is -3.62. The zero-order chi connectivity index (χ0) is 20.5. The van der Waals surface area contributed by atoms with Gasteiger partial charge in [-0.05, 0) is 48.0 Å². The summed E-state index contributed by atoms with van der Waals surface area (Å²) >= 11 is 0. The monoisotopic (exact) mass is 393 g/mol. The van der Waals surface area contributed by atoms with Crippen LogP contribution in [-0.4, -0.2) is 32.7 Å². The van der Waals surface area contributed by atoms with Gasteiger partial charge in [-0.3, -0.25) is 4.79 Å². The van der Waals surface area contributed by atoms with Gasteiger partial charge in [-0.1, -0.05) is 6.07 Å². The second-order valence-electron chi connectivity index (χ2n) is 5.20. The van der Waals surface area contributed by atoms with Gasteiger partial charge < -0.3 is 19.0 Å². The zero-order valence-electron chi connectivity index (χ0n) is 15.0. The van der Waals surface area contributed by atoms with Crippen molar-refractivity contribution in [2.45, 2.75) is 6.61 Å². The van der Waals surface area contributed by atoms with Crippen molar-refractivity contribution in [1.82, 2.24) is 5.48 Å². The number of rotatable bonds is 7. The topological polar surface area (TPSA) is 83.1 Å². The van der Waals surface area contributed by atoms with Gasteiger partial charge in [0.2, 0.25) is 0 Å². The molecule has 0 aliphatic heterocycles. The Morgan fingerprint density at radius 3 is 2.29 bits per heavy atom. The quantitative estimate of drug-likeness (QED) is 0.575. The highest BCUT2D eigenvalue weighted by molar-refractivity contribution is 5.95. The summed E-state index contributed by atoms with van der Waals surface area (Å²) in [4.78, 5) is 28.2. The van der Waals surface area contributed by atoms with Gasteiger partial charge in [0.25, 0.3) is 5.91 Å². The van der Waals surface area contributed by atoms with Crippen molar-refractivity contribution in [1.29, 1.82) is 0 Å². The Bertz CT molecular complexity index is 852. The van der Waals surface area contributed by atoms with Crippen molar-refractivity contribution in [2.75, 3.05) is 14.2 Å². The summed E-state index contributed by atoms with van der Waals surface area (Å²) < 4.78 is 38.6. The van der Waals surface area contributed by atoms with Crippen LogP contribution in [0.25, 0.3) is 6.08 Å². The van der Waals surface area contributed by atoms with Crippen LogP contribution in [0.2, 0.25) is 0 Å². The Morgan fingerprint density at radius 2 is 1.68 bits per heavy atom. The lowest BCUT2D eigenvalue weighted by Crippen LogP contribution is -2.26. The van der Waals surface area contributed by atoms with Gasteiger partial charge in [-0.2, -0.15) is 14.3 Å². The van der Waals surface area contributed by atoms with Crippen LogP contribution in [0.15, 0.2) is 48.5 Å². The predicted octanol–water partition coefficient (Wildman–Crippen LogP) is 3.21. The molecule has 28 heavy (non-hydrogen) atoms. The molecule has 2 rings (SSSR count). The third-order valence-electron chi connectivity index (χ3n) is 3.41. The van der Waals surface area contributed by atoms with Crippen LogP contribution in [-0.2, 0) is 9.63 Å². The highest BCUT2D eigenvalue weighted by Crippen LogP contribution is 2.27. The van der Waals surface area contributed by atoms with Crippen molar-refractivity contribution in [3.63, 3.8) is 0 Å². The number of halogens is 2. The van der Waals surface area contributed by atoms with E-state index in [0.29, 0.717) is 17.1 Å². The number of carbonyl (C=O) groups is 2. The normalized spacial score (nSPS) is 10.6. The SMILES string of the molecule is COc1ccc(C=CC(=O)ONC(=O)c2ccc(OC(F)F)cc2)cc1OC. The lowest BCUT2D eigenvalue weighted by atomic mass is 10.2. The molecular weight excluding hydrogens is 376 g/mol. The smallest absolute Gasteiger partial charge is 0.387 e. The summed E-state index contributed by atoms with van der Waals surface area (Å²) in [5, 5.41) is 0. The fourth-order valence-corrected chi connectivity index (χ4v) is 2.10. The number of hydroxylamine groups is 1. The summed E-state index contributed by atoms with van der Waals surface area (Å²) in [6, 6.07) is 9.92. The highest BCUT2D eigenvalue weighted by Gasteiger charge is 2.10. The Morgan fingerprint density at radius 1 is 1.00 bits per heavy atom. The fourth-order valence-electron chi connectivity index (χ4n) is 2.10. The molecule has 0 saturated heterocycles. The van der Waals surface area contributed by atoms with Crippen LogP contribution in [0.3, 0.4) is 0 Å². The maximum Gasteiger partial charge on any atom is 0.387 e. The molecule has 2 aromatic carbocycles. The number of carbonyl (C=O) groups excluding carboxylic acids is 2. The van der Waals surface area contributed by atoms with Gasteiger partial charge in [0, 0.05) is 11.6 Å². The van der Waals surface area contributed by atoms with Crippen LogP contribution in [0.1, 0.15) is 15.9 Å². The number of hydrogen-bond acceptors (Lipinski definition) is 6. The minimum Gasteiger partial charge on any atom is -0.493 e. The van der Waals surface area contributed by atoms with E-state index >= 15 is 0 Å². The molecule has 2 aromatic rings. The Balaban J connectivity index is 1.89. The molecule has 9 heteroatoms. The molecule has 0 aliphatic carbocycles. The van der Waals surface area contributed by atoms with Gasteiger partial charge >= 0.3 is 12.6 Å². The van der Waals surface area contributed by atoms with Crippen LogP contribution in [0.5, 0.6) is 17.2 Å². The second kappa shape index (κ2) is 9.91. The molecule has 0 aromatic heterocycles. The van der Waals surface area contributed by atoms with E-state index in [9.17, 15) is 18.4 Å². The molecule has 1 N–H and O–H groups in total. The van der Waals surface area contributed by atoms with Gasteiger partial charge in [0.1, 0.15) is 5.75 Å². The van der Waals surface area contributed by atoms with E-state index in [1.165, 1.54) is 44.6 Å². The molecule has 0 aliphatic rings. The number of ether oxygens (including phenoxy) is 3. The lowest BCUT2D eigenvalue weighted by molar-refractivity contribution is -0.142. The lowest BCUT2D eigenvalue weighted by Gasteiger charge is -2.07. The van der Waals surface area contributed by atoms with Gasteiger partial charge in [0.05, 0.1) is 14.2 Å². The van der Waals surface area contributed by atoms with E-state index in [2.05, 4.69) is 9.57 Å². The van der Waals surface area contributed by atoms with E-state index in [4.69, 9.17) is 9.47 Å². The molecule has 148 valence electrons. The summed E-state index contributed by atoms with van der Waals surface area (Å²) in [7, 11) is 2.99. The number of hydrogen-bond donors (Lipinski definition) is 1. The maximum atomic E-state index is 12.1. The van der Waals surface area contributed by atoms with Gasteiger partial charge in [-0.15, -0.1) is 0 Å². The summed E-state index contributed by atoms with van der Waals surface area (Å²) in [5.41, 5.74) is 2.71. The molecule has 0 bridgehead atoms. The van der Waals surface area contributed by atoms with Crippen molar-refractivity contribution in [2.24, 2.45) is 0 Å². The molecule has 1 amide bonds. The minimum atomic E-state index is -2.96. The predicted molar refractivity (Wildman–Crippen MR) is 95.2 cm³/mol. The summed E-state index contributed by atoms with van der Waals surface area (Å²) in [6.45, 7) is -2.96. The molecule has 0 atom stereocenters. The summed E-state index contributed by atoms with van der Waals surface area (Å²) in [5.74, 6) is -0.608. The van der Waals surface area contributed by atoms with E-state index in [1.807, 2.05) is 5.48 Å². The van der Waals surface area contributed by atoms with Crippen LogP contribution < -0.4 is 19.7 Å². The first kappa shape index (κ1) is 20.7. The average Bonchev–Trinajstić information content (AvgIpc) is 2.70. The van der Waals surface area contributed by atoms with E-state index in [0.717, 1.165) is 6.08 Å². The number of nitrogens with one attached hydrogen (secondary N) is 1. The van der Waals surface area contributed by atoms with Gasteiger partial charge in [-0.25, -0.2) is 4.79 Å². The van der Waals surface area contributed by atoms with Crippen molar-refractivity contribution >= 4 is 18.0 Å². The molecule has 7 nitrogen and oxygen atoms in total. The minimum absolute atomic E-state index is 0.0956. The first-order valence-electron chi connectivity index (χ1n) is 7.89. The number of methoxy groups -OCH3 is 2. The molecule has 0 unspecified atom stereocenters. The van der Waals surface area contributed by atoms with Crippen LogP contribution >= 0.6 is 0 Å². The Kier molecular flexibility index (Phi) is 7.32. The van der Waals surface area contributed by atoms with E-state index in [1.54, 1.807) is 18.2 Å². The largest absolute Gasteiger partial charge is 0.493 e. The molecular formula is C19H17F2NO6. The third-order valence-corrected chi connectivity index (χ3v) is 3.41. The average molecular weight is 393 g/mol. The van der Waals surface area contributed by atoms with Crippen molar-refractivity contribution in [3.05, 3.63) is 59.7 Å². The molecule has 0 saturated carbocycles. The fraction of sp³-hybridized carbons (Fsp3) is 0.158. The third kappa shape index (κ3) is 5.97. The summed E-state index contributed by atoms with van der Waals surface area (Å²) in [6.07, 6.45) is 2.58. The first-order valence-corrected chi connectivity index (χ1v) is 7.89. The van der Waals surface area contributed by atoms with Crippen molar-refractivity contribution in [3.8, 4) is 17.2 Å². The van der Waals surface area contributed by atoms with Crippen LogP contribution in [0, 0.1) is 0 Å². The van der Waals surface area contributed by atoms with Crippen LogP contribution in [0.4, 0.5) is 8.78 Å². The van der Waals surface area contributed by atoms with Crippen molar-refractivity contribution < 1.29 is 37.4 Å². The zero-order valence-corrected chi connectivity index (χ0v) is 15.0. The molecule has 0 spiro atoms. The standard InChI is InChI=1S/C19H17F2NO6/c1-25-15-9-3-12(11-16(15)26-2)4-10-17(23)28-22-18(24)13-5-7-14(8-6-13)27-19(20)21/h3-11,19H,1-2H3,(H,22,24). The Labute approximate surface area is 159 Å². The molecule has 0 fully saturated rings. The number of amides is 1. The highest BCUT2D eigenvalue weighted by atomic mass is 19.3. The maximum absolute atomic E-state index is 12.1. The van der Waals surface area contributed by atoms with E-state index in [-0.39, 0.29) is 11.3 Å². The van der Waals surface area contributed by atoms with E-state index < -0.39 is 18.5 Å². The molecule has 0 radical (unpaired) electrons.